The molecule has 2 aromatic heterocycles. The number of urea groups is 1. The molecule has 28 heavy (non-hydrogen) atoms. The Morgan fingerprint density at radius 3 is 2.79 bits per heavy atom. The normalized spacial score (nSPS) is 10.6. The maximum atomic E-state index is 12.0. The van der Waals surface area contributed by atoms with Gasteiger partial charge in [0.25, 0.3) is 0 Å². The average Bonchev–Trinajstić information content (AvgIpc) is 3.27. The van der Waals surface area contributed by atoms with Crippen LogP contribution in [-0.4, -0.2) is 45.5 Å². The molecule has 2 N–H and O–H groups in total. The highest BCUT2D eigenvalue weighted by Gasteiger charge is 2.07. The van der Waals surface area contributed by atoms with Crippen molar-refractivity contribution in [1.29, 1.82) is 0 Å². The van der Waals surface area contributed by atoms with Crippen LogP contribution < -0.4 is 10.6 Å². The summed E-state index contributed by atoms with van der Waals surface area (Å²) in [6.07, 6.45) is 6.36. The number of ether oxygens (including phenoxy) is 1. The molecule has 2 amide bonds. The summed E-state index contributed by atoms with van der Waals surface area (Å²) >= 11 is 0. The fourth-order valence-electron chi connectivity index (χ4n) is 2.64. The third kappa shape index (κ3) is 6.17. The maximum Gasteiger partial charge on any atom is 0.315 e. The van der Waals surface area contributed by atoms with Crippen molar-refractivity contribution < 1.29 is 9.53 Å². The van der Waals surface area contributed by atoms with E-state index >= 15 is 0 Å². The lowest BCUT2D eigenvalue weighted by molar-refractivity contribution is 0.135. The van der Waals surface area contributed by atoms with E-state index in [1.54, 1.807) is 17.2 Å². The molecule has 8 heteroatoms. The Bertz CT molecular complexity index is 839. The largest absolute Gasteiger partial charge is 0.381 e. The van der Waals surface area contributed by atoms with Gasteiger partial charge in [0.15, 0.2) is 5.82 Å². The summed E-state index contributed by atoms with van der Waals surface area (Å²) in [7, 11) is 0. The zero-order valence-electron chi connectivity index (χ0n) is 15.6. The summed E-state index contributed by atoms with van der Waals surface area (Å²) < 4.78 is 7.18. The monoisotopic (exact) mass is 380 g/mol. The molecule has 0 aliphatic rings. The van der Waals surface area contributed by atoms with Crippen LogP contribution in [0.25, 0.3) is 5.82 Å². The van der Waals surface area contributed by atoms with Crippen molar-refractivity contribution in [2.45, 2.75) is 19.4 Å². The number of carbonyl (C=O) groups is 1. The second kappa shape index (κ2) is 10.8. The third-order valence-electron chi connectivity index (χ3n) is 4.07. The van der Waals surface area contributed by atoms with E-state index in [1.165, 1.54) is 11.9 Å². The van der Waals surface area contributed by atoms with Crippen LogP contribution >= 0.6 is 0 Å². The highest BCUT2D eigenvalue weighted by atomic mass is 16.5. The van der Waals surface area contributed by atoms with Crippen molar-refractivity contribution in [2.75, 3.05) is 19.8 Å². The lowest BCUT2D eigenvalue weighted by atomic mass is 10.2. The molecule has 146 valence electrons. The number of nitrogens with one attached hydrogen (secondary N) is 2. The first-order chi connectivity index (χ1) is 13.8. The van der Waals surface area contributed by atoms with Crippen molar-refractivity contribution in [3.8, 4) is 5.82 Å². The molecular weight excluding hydrogens is 356 g/mol. The Kier molecular flexibility index (Phi) is 7.51. The van der Waals surface area contributed by atoms with Crippen molar-refractivity contribution in [2.24, 2.45) is 0 Å². The van der Waals surface area contributed by atoms with Crippen LogP contribution in [-0.2, 0) is 17.7 Å². The third-order valence-corrected chi connectivity index (χ3v) is 4.07. The van der Waals surface area contributed by atoms with Crippen molar-refractivity contribution in [3.63, 3.8) is 0 Å². The highest BCUT2D eigenvalue weighted by molar-refractivity contribution is 5.73. The van der Waals surface area contributed by atoms with Crippen LogP contribution in [0.15, 0.2) is 61.3 Å². The van der Waals surface area contributed by atoms with E-state index in [0.29, 0.717) is 32.1 Å². The Morgan fingerprint density at radius 2 is 1.96 bits per heavy atom. The van der Waals surface area contributed by atoms with E-state index in [2.05, 4.69) is 37.8 Å². The first-order valence-corrected chi connectivity index (χ1v) is 9.25. The fourth-order valence-corrected chi connectivity index (χ4v) is 2.64. The van der Waals surface area contributed by atoms with E-state index in [0.717, 1.165) is 18.4 Å². The van der Waals surface area contributed by atoms with Crippen molar-refractivity contribution in [3.05, 3.63) is 72.4 Å². The van der Waals surface area contributed by atoms with Gasteiger partial charge in [-0.05, 0) is 24.5 Å². The molecule has 0 atom stereocenters. The molecule has 0 aliphatic heterocycles. The predicted molar refractivity (Wildman–Crippen MR) is 105 cm³/mol. The van der Waals surface area contributed by atoms with Gasteiger partial charge in [-0.15, -0.1) is 0 Å². The number of amides is 2. The molecule has 3 rings (SSSR count). The molecule has 0 saturated heterocycles. The van der Waals surface area contributed by atoms with Gasteiger partial charge in [-0.1, -0.05) is 36.4 Å². The van der Waals surface area contributed by atoms with Crippen LogP contribution in [0.2, 0.25) is 0 Å². The van der Waals surface area contributed by atoms with Crippen LogP contribution in [0, 0.1) is 0 Å². The summed E-state index contributed by atoms with van der Waals surface area (Å²) in [6, 6.07) is 13.7. The molecule has 3 aromatic rings. The van der Waals surface area contributed by atoms with E-state index in [-0.39, 0.29) is 6.03 Å². The number of carbonyl (C=O) groups excluding carboxylic acids is 1. The number of nitrogens with zero attached hydrogens (tertiary/aromatic N) is 4. The molecule has 0 radical (unpaired) electrons. The van der Waals surface area contributed by atoms with Gasteiger partial charge in [0.05, 0.1) is 6.61 Å². The average molecular weight is 380 g/mol. The molecule has 1 aromatic carbocycles. The summed E-state index contributed by atoms with van der Waals surface area (Å²) in [5.74, 6) is 0.645. The molecule has 0 aliphatic carbocycles. The highest BCUT2D eigenvalue weighted by Crippen LogP contribution is 2.09. The van der Waals surface area contributed by atoms with Gasteiger partial charge in [-0.25, -0.2) is 19.4 Å². The van der Waals surface area contributed by atoms with Crippen molar-refractivity contribution >= 4 is 6.03 Å². The minimum Gasteiger partial charge on any atom is -0.381 e. The number of hydrogen-bond donors (Lipinski definition) is 2. The van der Waals surface area contributed by atoms with Crippen LogP contribution in [0.1, 0.15) is 17.5 Å². The minimum atomic E-state index is -0.224. The standard InChI is InChI=1S/C20H24N6O2/c27-20(23-11-5-12-28-13-9-17-6-2-1-3-7-17)24-14-18-8-4-10-22-19(18)26-16-21-15-25-26/h1-4,6-8,10,15-16H,5,9,11-14H2,(H2,23,24,27). The smallest absolute Gasteiger partial charge is 0.315 e. The van der Waals surface area contributed by atoms with Gasteiger partial charge >= 0.3 is 6.03 Å². The number of rotatable bonds is 10. The number of hydrogen-bond acceptors (Lipinski definition) is 5. The predicted octanol–water partition coefficient (Wildman–Crippen LogP) is 2.11. The number of benzene rings is 1. The Hall–Kier alpha value is -3.26. The van der Waals surface area contributed by atoms with Crippen molar-refractivity contribution in [1.82, 2.24) is 30.4 Å². The Labute approximate surface area is 164 Å². The molecule has 0 fully saturated rings. The zero-order valence-corrected chi connectivity index (χ0v) is 15.6. The number of aromatic nitrogens is 4. The van der Waals surface area contributed by atoms with Gasteiger partial charge < -0.3 is 15.4 Å². The molecule has 0 spiro atoms. The molecular formula is C20H24N6O2. The molecule has 0 saturated carbocycles. The maximum absolute atomic E-state index is 12.0. The van der Waals surface area contributed by atoms with E-state index in [1.807, 2.05) is 30.3 Å². The number of pyridine rings is 1. The summed E-state index contributed by atoms with van der Waals surface area (Å²) in [6.45, 7) is 2.21. The first kappa shape index (κ1) is 19.5. The second-order valence-electron chi connectivity index (χ2n) is 6.14. The minimum absolute atomic E-state index is 0.224. The summed E-state index contributed by atoms with van der Waals surface area (Å²) in [5, 5.41) is 9.74. The Morgan fingerprint density at radius 1 is 1.07 bits per heavy atom. The molecule has 2 heterocycles. The van der Waals surface area contributed by atoms with Gasteiger partial charge in [-0.2, -0.15) is 5.10 Å². The molecule has 8 nitrogen and oxygen atoms in total. The molecule has 0 bridgehead atoms. The summed E-state index contributed by atoms with van der Waals surface area (Å²) in [4.78, 5) is 20.2. The first-order valence-electron chi connectivity index (χ1n) is 9.25. The summed E-state index contributed by atoms with van der Waals surface area (Å²) in [5.41, 5.74) is 2.12. The van der Waals surface area contributed by atoms with Crippen LogP contribution in [0.3, 0.4) is 0 Å². The second-order valence-corrected chi connectivity index (χ2v) is 6.14. The molecule has 0 unspecified atom stereocenters. The SMILES string of the molecule is O=C(NCCCOCCc1ccccc1)NCc1cccnc1-n1cncn1. The van der Waals surface area contributed by atoms with Crippen LogP contribution in [0.5, 0.6) is 0 Å². The topological polar surface area (TPSA) is 94.0 Å². The Balaban J connectivity index is 1.29. The van der Waals surface area contributed by atoms with Gasteiger partial charge in [-0.3, -0.25) is 0 Å². The van der Waals surface area contributed by atoms with Gasteiger partial charge in [0.1, 0.15) is 12.7 Å². The van der Waals surface area contributed by atoms with E-state index < -0.39 is 0 Å². The van der Waals surface area contributed by atoms with Gasteiger partial charge in [0.2, 0.25) is 0 Å². The van der Waals surface area contributed by atoms with E-state index in [9.17, 15) is 4.79 Å². The lowest BCUT2D eigenvalue weighted by Gasteiger charge is -2.10. The van der Waals surface area contributed by atoms with Gasteiger partial charge in [0, 0.05) is 31.5 Å². The zero-order chi connectivity index (χ0) is 19.4. The van der Waals surface area contributed by atoms with Crippen LogP contribution in [0.4, 0.5) is 4.79 Å². The quantitative estimate of drug-likeness (QED) is 0.526. The fraction of sp³-hybridized carbons (Fsp3) is 0.300. The van der Waals surface area contributed by atoms with E-state index in [4.69, 9.17) is 4.74 Å². The lowest BCUT2D eigenvalue weighted by Crippen LogP contribution is -2.36.